The number of hydrogen-bond donors (Lipinski definition) is 2. The van der Waals surface area contributed by atoms with E-state index in [-0.39, 0.29) is 19.1 Å². The van der Waals surface area contributed by atoms with E-state index >= 15 is 0 Å². The summed E-state index contributed by atoms with van der Waals surface area (Å²) in [6, 6.07) is -0.805. The smallest absolute Gasteiger partial charge is 0.268 e. The SMILES string of the molecule is CC/C=C\C/C=C\C/C=C\C/C=C\C/C=C\CCCCCCCCCCCCCC(=O)NC(COP(=O)([O-])OCC[N+](C)(C)C)C(O)CCCCCCCCCCCCCCCCCCCCC. The fraction of sp³-hybridized carbons (Fsp3) is 0.814. The molecule has 0 heterocycles. The summed E-state index contributed by atoms with van der Waals surface area (Å²) in [5, 5.41) is 14.0. The summed E-state index contributed by atoms with van der Waals surface area (Å²) in [5.41, 5.74) is 0. The van der Waals surface area contributed by atoms with Crippen LogP contribution in [0, 0.1) is 0 Å². The summed E-state index contributed by atoms with van der Waals surface area (Å²) >= 11 is 0. The molecule has 0 aromatic rings. The monoisotopic (exact) mass is 975 g/mol. The Labute approximate surface area is 422 Å². The number of likely N-dealkylation sites (N-methyl/N-ethyl adjacent to an activating group) is 1. The standard InChI is InChI=1S/C59H111N2O6P/c1-6-8-10-12-14-16-18-20-22-24-26-27-28-29-30-31-32-33-35-37-39-41-43-45-47-49-51-53-59(63)60-57(56-67-68(64,65)66-55-54-61(3,4)5)58(62)52-50-48-46-44-42-40-38-36-34-25-23-21-19-17-15-13-11-9-7-2/h8,10,14,16,20,22,26-27,29-30,57-58,62H,6-7,9,11-13,15,17-19,21,23-25,28,31-56H2,1-5H3,(H-,60,63,64,65)/b10-8-,16-14-,22-20-,27-26-,30-29-. The molecule has 0 bridgehead atoms. The minimum Gasteiger partial charge on any atom is -0.756 e. The second kappa shape index (κ2) is 50.2. The molecule has 398 valence electrons. The fourth-order valence-electron chi connectivity index (χ4n) is 8.30. The molecule has 3 atom stereocenters. The molecule has 0 saturated carbocycles. The van der Waals surface area contributed by atoms with Crippen LogP contribution in [0.15, 0.2) is 60.8 Å². The fourth-order valence-corrected chi connectivity index (χ4v) is 9.03. The van der Waals surface area contributed by atoms with Crippen LogP contribution in [0.5, 0.6) is 0 Å². The van der Waals surface area contributed by atoms with Gasteiger partial charge >= 0.3 is 0 Å². The van der Waals surface area contributed by atoms with Crippen molar-refractivity contribution >= 4 is 13.7 Å². The Morgan fingerprint density at radius 1 is 0.529 bits per heavy atom. The van der Waals surface area contributed by atoms with Crippen LogP contribution in [-0.4, -0.2) is 68.5 Å². The summed E-state index contributed by atoms with van der Waals surface area (Å²) in [6.07, 6.45) is 66.7. The first-order valence-electron chi connectivity index (χ1n) is 28.6. The molecular weight excluding hydrogens is 864 g/mol. The number of nitrogens with zero attached hydrogens (tertiary/aromatic N) is 1. The number of aliphatic hydroxyl groups excluding tert-OH is 1. The van der Waals surface area contributed by atoms with Gasteiger partial charge in [0.05, 0.1) is 39.9 Å². The Morgan fingerprint density at radius 2 is 0.897 bits per heavy atom. The number of phosphoric acid groups is 1. The first-order valence-corrected chi connectivity index (χ1v) is 30.1. The van der Waals surface area contributed by atoms with Gasteiger partial charge in [-0.3, -0.25) is 9.36 Å². The molecule has 0 aromatic carbocycles. The minimum atomic E-state index is -4.58. The van der Waals surface area contributed by atoms with Crippen LogP contribution in [-0.2, 0) is 18.4 Å². The highest BCUT2D eigenvalue weighted by atomic mass is 31.2. The van der Waals surface area contributed by atoms with Crippen molar-refractivity contribution < 1.29 is 32.9 Å². The number of hydrogen-bond acceptors (Lipinski definition) is 6. The van der Waals surface area contributed by atoms with E-state index in [0.29, 0.717) is 23.9 Å². The Hall–Kier alpha value is -1.80. The van der Waals surface area contributed by atoms with Gasteiger partial charge in [-0.05, 0) is 57.8 Å². The third-order valence-electron chi connectivity index (χ3n) is 12.8. The maximum absolute atomic E-state index is 13.0. The zero-order valence-corrected chi connectivity index (χ0v) is 46.2. The molecule has 0 aliphatic heterocycles. The number of carbonyl (C=O) groups is 1. The summed E-state index contributed by atoms with van der Waals surface area (Å²) in [6.45, 7) is 4.63. The number of amides is 1. The lowest BCUT2D eigenvalue weighted by Gasteiger charge is -2.30. The van der Waals surface area contributed by atoms with Crippen LogP contribution in [0.25, 0.3) is 0 Å². The minimum absolute atomic E-state index is 0.0101. The van der Waals surface area contributed by atoms with Crippen molar-refractivity contribution in [1.82, 2.24) is 5.32 Å². The van der Waals surface area contributed by atoms with E-state index in [0.717, 1.165) is 70.6 Å². The highest BCUT2D eigenvalue weighted by Crippen LogP contribution is 2.38. The molecular formula is C59H111N2O6P. The number of nitrogens with one attached hydrogen (secondary N) is 1. The van der Waals surface area contributed by atoms with Crippen molar-refractivity contribution in [3.8, 4) is 0 Å². The Bertz CT molecular complexity index is 1290. The number of phosphoric ester groups is 1. The zero-order chi connectivity index (χ0) is 49.9. The lowest BCUT2D eigenvalue weighted by atomic mass is 10.0. The van der Waals surface area contributed by atoms with Gasteiger partial charge in [-0.1, -0.05) is 254 Å². The van der Waals surface area contributed by atoms with Crippen LogP contribution in [0.4, 0.5) is 0 Å². The first kappa shape index (κ1) is 66.2. The van der Waals surface area contributed by atoms with Crippen LogP contribution < -0.4 is 10.2 Å². The van der Waals surface area contributed by atoms with E-state index in [1.54, 1.807) is 0 Å². The van der Waals surface area contributed by atoms with E-state index in [1.165, 1.54) is 161 Å². The maximum Gasteiger partial charge on any atom is 0.268 e. The van der Waals surface area contributed by atoms with Gasteiger partial charge in [-0.2, -0.15) is 0 Å². The van der Waals surface area contributed by atoms with Gasteiger partial charge < -0.3 is 28.8 Å². The van der Waals surface area contributed by atoms with E-state index in [4.69, 9.17) is 9.05 Å². The summed E-state index contributed by atoms with van der Waals surface area (Å²) < 4.78 is 23.4. The molecule has 1 amide bonds. The number of rotatable bonds is 52. The highest BCUT2D eigenvalue weighted by molar-refractivity contribution is 7.45. The second-order valence-electron chi connectivity index (χ2n) is 20.6. The third kappa shape index (κ3) is 52.0. The van der Waals surface area contributed by atoms with Crippen molar-refractivity contribution in [2.24, 2.45) is 0 Å². The molecule has 9 heteroatoms. The van der Waals surface area contributed by atoms with Gasteiger partial charge in [0, 0.05) is 6.42 Å². The highest BCUT2D eigenvalue weighted by Gasteiger charge is 2.24. The first-order chi connectivity index (χ1) is 33.0. The lowest BCUT2D eigenvalue weighted by molar-refractivity contribution is -0.870. The van der Waals surface area contributed by atoms with Crippen LogP contribution in [0.2, 0.25) is 0 Å². The average molecular weight is 976 g/mol. The molecule has 0 spiro atoms. The van der Waals surface area contributed by atoms with Gasteiger partial charge in [0.1, 0.15) is 13.2 Å². The largest absolute Gasteiger partial charge is 0.756 e. The van der Waals surface area contributed by atoms with Gasteiger partial charge in [0.15, 0.2) is 0 Å². The van der Waals surface area contributed by atoms with Crippen LogP contribution in [0.3, 0.4) is 0 Å². The van der Waals surface area contributed by atoms with E-state index in [1.807, 2.05) is 21.1 Å². The number of carbonyl (C=O) groups excluding carboxylic acids is 1. The van der Waals surface area contributed by atoms with Crippen molar-refractivity contribution in [2.45, 2.75) is 270 Å². The van der Waals surface area contributed by atoms with Crippen molar-refractivity contribution in [3.63, 3.8) is 0 Å². The third-order valence-corrected chi connectivity index (χ3v) is 13.7. The molecule has 0 aliphatic rings. The second-order valence-corrected chi connectivity index (χ2v) is 22.0. The summed E-state index contributed by atoms with van der Waals surface area (Å²) in [7, 11) is 1.30. The molecule has 68 heavy (non-hydrogen) atoms. The lowest BCUT2D eigenvalue weighted by Crippen LogP contribution is -2.46. The predicted octanol–water partition coefficient (Wildman–Crippen LogP) is 16.7. The maximum atomic E-state index is 13.0. The quantitative estimate of drug-likeness (QED) is 0.0272. The van der Waals surface area contributed by atoms with Gasteiger partial charge in [-0.25, -0.2) is 0 Å². The van der Waals surface area contributed by atoms with Gasteiger partial charge in [-0.15, -0.1) is 0 Å². The molecule has 0 aromatic heterocycles. The molecule has 0 fully saturated rings. The van der Waals surface area contributed by atoms with Gasteiger partial charge in [0.2, 0.25) is 5.91 Å². The van der Waals surface area contributed by atoms with Crippen LogP contribution >= 0.6 is 7.82 Å². The summed E-state index contributed by atoms with van der Waals surface area (Å²) in [5.74, 6) is -0.168. The average Bonchev–Trinajstić information content (AvgIpc) is 3.30. The summed E-state index contributed by atoms with van der Waals surface area (Å²) in [4.78, 5) is 25.5. The van der Waals surface area contributed by atoms with Crippen LogP contribution in [0.1, 0.15) is 258 Å². The normalized spacial score (nSPS) is 14.4. The molecule has 2 N–H and O–H groups in total. The van der Waals surface area contributed by atoms with Crippen molar-refractivity contribution in [1.29, 1.82) is 0 Å². The van der Waals surface area contributed by atoms with E-state index in [2.05, 4.69) is 79.9 Å². The molecule has 0 aliphatic carbocycles. The number of unbranched alkanes of at least 4 members (excludes halogenated alkanes) is 29. The molecule has 3 unspecified atom stereocenters. The van der Waals surface area contributed by atoms with E-state index in [9.17, 15) is 19.4 Å². The number of quaternary nitrogens is 1. The Kier molecular flexibility index (Phi) is 48.8. The molecule has 8 nitrogen and oxygen atoms in total. The topological polar surface area (TPSA) is 108 Å². The van der Waals surface area contributed by atoms with Crippen molar-refractivity contribution in [3.05, 3.63) is 60.8 Å². The van der Waals surface area contributed by atoms with E-state index < -0.39 is 20.0 Å². The Balaban J connectivity index is 4.18. The Morgan fingerprint density at radius 3 is 1.31 bits per heavy atom. The zero-order valence-electron chi connectivity index (χ0n) is 45.3. The predicted molar refractivity (Wildman–Crippen MR) is 293 cm³/mol. The molecule has 0 rings (SSSR count). The number of aliphatic hydroxyl groups is 1. The number of allylic oxidation sites excluding steroid dienone is 10. The van der Waals surface area contributed by atoms with Crippen molar-refractivity contribution in [2.75, 3.05) is 40.9 Å². The molecule has 0 saturated heterocycles. The van der Waals surface area contributed by atoms with Gasteiger partial charge in [0.25, 0.3) is 7.82 Å². The molecule has 0 radical (unpaired) electrons.